The highest BCUT2D eigenvalue weighted by Crippen LogP contribution is 2.22. The lowest BCUT2D eigenvalue weighted by Crippen LogP contribution is -2.14. The van der Waals surface area contributed by atoms with Crippen LogP contribution in [0.5, 0.6) is 0 Å². The van der Waals surface area contributed by atoms with E-state index in [1.165, 1.54) is 30.0 Å². The Hall–Kier alpha value is -2.67. The summed E-state index contributed by atoms with van der Waals surface area (Å²) in [6, 6.07) is 10.6. The molecule has 1 aromatic heterocycles. The average molecular weight is 359 g/mol. The number of aromatic nitrogens is 2. The van der Waals surface area contributed by atoms with E-state index >= 15 is 0 Å². The molecule has 128 valence electrons. The maximum Gasteiger partial charge on any atom is 0.234 e. The first-order chi connectivity index (χ1) is 12.0. The van der Waals surface area contributed by atoms with Gasteiger partial charge >= 0.3 is 0 Å². The van der Waals surface area contributed by atoms with Gasteiger partial charge in [-0.2, -0.15) is 0 Å². The lowest BCUT2D eigenvalue weighted by atomic mass is 10.2. The van der Waals surface area contributed by atoms with Crippen molar-refractivity contribution in [2.24, 2.45) is 0 Å². The molecule has 3 aromatic rings. The van der Waals surface area contributed by atoms with Gasteiger partial charge in [-0.3, -0.25) is 4.79 Å². The number of aryl methyl sites for hydroxylation is 1. The van der Waals surface area contributed by atoms with E-state index in [1.54, 1.807) is 37.4 Å². The molecule has 1 heterocycles. The molecule has 0 unspecified atom stereocenters. The van der Waals surface area contributed by atoms with Gasteiger partial charge in [0.25, 0.3) is 0 Å². The zero-order valence-electron chi connectivity index (χ0n) is 13.3. The molecule has 2 N–H and O–H groups in total. The summed E-state index contributed by atoms with van der Waals surface area (Å²) in [5.74, 6) is -0.790. The molecule has 2 aromatic carbocycles. The quantitative estimate of drug-likeness (QED) is 0.664. The van der Waals surface area contributed by atoms with Crippen molar-refractivity contribution in [1.29, 1.82) is 0 Å². The number of aromatic amines is 1. The van der Waals surface area contributed by atoms with E-state index in [2.05, 4.69) is 15.3 Å². The molecule has 3 rings (SSSR count). The molecule has 25 heavy (non-hydrogen) atoms. The van der Waals surface area contributed by atoms with Crippen molar-refractivity contribution in [3.8, 4) is 11.3 Å². The topological polar surface area (TPSA) is 57.8 Å². The van der Waals surface area contributed by atoms with Crippen molar-refractivity contribution in [3.63, 3.8) is 0 Å². The summed E-state index contributed by atoms with van der Waals surface area (Å²) < 4.78 is 26.4. The van der Waals surface area contributed by atoms with Crippen molar-refractivity contribution in [3.05, 3.63) is 65.9 Å². The van der Waals surface area contributed by atoms with Gasteiger partial charge in [0.1, 0.15) is 11.6 Å². The Morgan fingerprint density at radius 1 is 1.20 bits per heavy atom. The number of anilines is 1. The van der Waals surface area contributed by atoms with Crippen molar-refractivity contribution >= 4 is 23.4 Å². The number of amides is 1. The standard InChI is InChI=1S/C18H15F2N3OS/c1-11-2-7-14(8-15(11)20)22-17(24)10-25-18-21-9-16(23-18)12-3-5-13(19)6-4-12/h2-9H,10H2,1H3,(H,21,23)(H,22,24). The molecule has 0 fully saturated rings. The summed E-state index contributed by atoms with van der Waals surface area (Å²) in [4.78, 5) is 19.2. The fraction of sp³-hybridized carbons (Fsp3) is 0.111. The average Bonchev–Trinajstić information content (AvgIpc) is 3.06. The van der Waals surface area contributed by atoms with Crippen molar-refractivity contribution in [1.82, 2.24) is 9.97 Å². The number of hydrogen-bond acceptors (Lipinski definition) is 3. The smallest absolute Gasteiger partial charge is 0.234 e. The number of thioether (sulfide) groups is 1. The van der Waals surface area contributed by atoms with Crippen molar-refractivity contribution in [2.45, 2.75) is 12.1 Å². The van der Waals surface area contributed by atoms with E-state index in [4.69, 9.17) is 0 Å². The molecule has 0 saturated heterocycles. The predicted molar refractivity (Wildman–Crippen MR) is 94.5 cm³/mol. The minimum absolute atomic E-state index is 0.131. The summed E-state index contributed by atoms with van der Waals surface area (Å²) >= 11 is 1.23. The maximum absolute atomic E-state index is 13.5. The first kappa shape index (κ1) is 17.2. The maximum atomic E-state index is 13.5. The fourth-order valence-electron chi connectivity index (χ4n) is 2.15. The molecule has 0 saturated carbocycles. The Morgan fingerprint density at radius 2 is 1.96 bits per heavy atom. The highest BCUT2D eigenvalue weighted by atomic mass is 32.2. The lowest BCUT2D eigenvalue weighted by molar-refractivity contribution is -0.113. The molecule has 0 radical (unpaired) electrons. The van der Waals surface area contributed by atoms with Crippen LogP contribution in [-0.2, 0) is 4.79 Å². The number of halogens is 2. The number of imidazole rings is 1. The highest BCUT2D eigenvalue weighted by molar-refractivity contribution is 7.99. The SMILES string of the molecule is Cc1ccc(NC(=O)CSc2ncc(-c3ccc(F)cc3)[nH]2)cc1F. The van der Waals surface area contributed by atoms with Gasteiger partial charge in [-0.1, -0.05) is 17.8 Å². The van der Waals surface area contributed by atoms with Crippen LogP contribution < -0.4 is 5.32 Å². The Morgan fingerprint density at radius 3 is 2.68 bits per heavy atom. The third-order valence-corrected chi connectivity index (χ3v) is 4.39. The third-order valence-electron chi connectivity index (χ3n) is 3.50. The number of carbonyl (C=O) groups is 1. The third kappa shape index (κ3) is 4.45. The van der Waals surface area contributed by atoms with E-state index in [1.807, 2.05) is 0 Å². The number of H-pyrrole nitrogens is 1. The largest absolute Gasteiger partial charge is 0.333 e. The predicted octanol–water partition coefficient (Wildman–Crippen LogP) is 4.39. The van der Waals surface area contributed by atoms with Crippen LogP contribution in [0.3, 0.4) is 0 Å². The van der Waals surface area contributed by atoms with E-state index in [-0.39, 0.29) is 23.3 Å². The molecule has 4 nitrogen and oxygen atoms in total. The lowest BCUT2D eigenvalue weighted by Gasteiger charge is -2.05. The Labute approximate surface area is 147 Å². The molecule has 0 aliphatic heterocycles. The van der Waals surface area contributed by atoms with E-state index in [0.717, 1.165) is 11.3 Å². The van der Waals surface area contributed by atoms with Gasteiger partial charge in [0.05, 0.1) is 17.6 Å². The van der Waals surface area contributed by atoms with E-state index < -0.39 is 0 Å². The molecule has 1 amide bonds. The minimum atomic E-state index is -0.361. The van der Waals surface area contributed by atoms with Gasteiger partial charge in [-0.05, 0) is 54.4 Å². The number of benzene rings is 2. The van der Waals surface area contributed by atoms with Crippen molar-refractivity contribution < 1.29 is 13.6 Å². The summed E-state index contributed by atoms with van der Waals surface area (Å²) in [6.07, 6.45) is 1.63. The second kappa shape index (κ2) is 7.48. The number of nitrogens with zero attached hydrogens (tertiary/aromatic N) is 1. The van der Waals surface area contributed by atoms with Crippen molar-refractivity contribution in [2.75, 3.05) is 11.1 Å². The summed E-state index contributed by atoms with van der Waals surface area (Å²) in [7, 11) is 0. The Bertz CT molecular complexity index is 894. The molecule has 0 spiro atoms. The van der Waals surface area contributed by atoms with Gasteiger partial charge in [-0.25, -0.2) is 13.8 Å². The summed E-state index contributed by atoms with van der Waals surface area (Å²) in [5.41, 5.74) is 2.49. The van der Waals surface area contributed by atoms with Crippen LogP contribution in [0.4, 0.5) is 14.5 Å². The monoisotopic (exact) mass is 359 g/mol. The summed E-state index contributed by atoms with van der Waals surface area (Å²) in [6.45, 7) is 1.66. The van der Waals surface area contributed by atoms with Gasteiger partial charge in [0.2, 0.25) is 5.91 Å². The van der Waals surface area contributed by atoms with Crippen LogP contribution in [0.15, 0.2) is 53.8 Å². The highest BCUT2D eigenvalue weighted by Gasteiger charge is 2.09. The first-order valence-electron chi connectivity index (χ1n) is 7.51. The number of rotatable bonds is 5. The van der Waals surface area contributed by atoms with Crippen LogP contribution in [0.25, 0.3) is 11.3 Å². The molecule has 0 aliphatic carbocycles. The minimum Gasteiger partial charge on any atom is -0.333 e. The Balaban J connectivity index is 1.57. The molecule has 0 bridgehead atoms. The van der Waals surface area contributed by atoms with Crippen LogP contribution in [0.2, 0.25) is 0 Å². The van der Waals surface area contributed by atoms with Gasteiger partial charge in [-0.15, -0.1) is 0 Å². The molecule has 0 atom stereocenters. The zero-order valence-corrected chi connectivity index (χ0v) is 14.2. The summed E-state index contributed by atoms with van der Waals surface area (Å²) in [5, 5.41) is 3.22. The second-order valence-electron chi connectivity index (χ2n) is 5.41. The number of hydrogen-bond donors (Lipinski definition) is 2. The zero-order chi connectivity index (χ0) is 17.8. The van der Waals surface area contributed by atoms with Gasteiger partial charge in [0, 0.05) is 5.69 Å². The van der Waals surface area contributed by atoms with Crippen LogP contribution >= 0.6 is 11.8 Å². The number of carbonyl (C=O) groups excluding carboxylic acids is 1. The van der Waals surface area contributed by atoms with E-state index in [0.29, 0.717) is 16.4 Å². The van der Waals surface area contributed by atoms with Crippen LogP contribution in [0.1, 0.15) is 5.56 Å². The molecular formula is C18H15F2N3OS. The van der Waals surface area contributed by atoms with Gasteiger partial charge in [0.15, 0.2) is 5.16 Å². The Kier molecular flexibility index (Phi) is 5.14. The molecule has 7 heteroatoms. The van der Waals surface area contributed by atoms with Crippen LogP contribution in [-0.4, -0.2) is 21.6 Å². The number of nitrogens with one attached hydrogen (secondary N) is 2. The van der Waals surface area contributed by atoms with Gasteiger partial charge < -0.3 is 10.3 Å². The fourth-order valence-corrected chi connectivity index (χ4v) is 2.80. The molecular weight excluding hydrogens is 344 g/mol. The normalized spacial score (nSPS) is 10.7. The first-order valence-corrected chi connectivity index (χ1v) is 8.49. The van der Waals surface area contributed by atoms with E-state index in [9.17, 15) is 13.6 Å². The molecule has 0 aliphatic rings. The van der Waals surface area contributed by atoms with Crippen LogP contribution in [0, 0.1) is 18.6 Å². The second-order valence-corrected chi connectivity index (χ2v) is 6.37.